The summed E-state index contributed by atoms with van der Waals surface area (Å²) in [7, 11) is 0. The molecule has 1 aromatic heterocycles. The SMILES string of the molecule is CC(C)(C)OC(=O)NCC1Oc2ncc(NC(=O)OC(C)(C)C)cc2NC1=O. The van der Waals surface area contributed by atoms with Gasteiger partial charge in [0, 0.05) is 0 Å². The molecule has 0 spiro atoms. The normalized spacial score (nSPS) is 16.2. The van der Waals surface area contributed by atoms with Crippen molar-refractivity contribution in [3.8, 4) is 5.88 Å². The summed E-state index contributed by atoms with van der Waals surface area (Å²) in [5, 5.41) is 7.65. The van der Waals surface area contributed by atoms with E-state index >= 15 is 0 Å². The second-order valence-corrected chi connectivity index (χ2v) is 8.18. The van der Waals surface area contributed by atoms with Crippen molar-refractivity contribution in [3.63, 3.8) is 0 Å². The fourth-order valence-corrected chi connectivity index (χ4v) is 2.15. The molecule has 2 rings (SSSR count). The van der Waals surface area contributed by atoms with Crippen LogP contribution >= 0.6 is 0 Å². The highest BCUT2D eigenvalue weighted by Crippen LogP contribution is 2.29. The molecule has 0 aliphatic carbocycles. The van der Waals surface area contributed by atoms with Crippen molar-refractivity contribution in [2.24, 2.45) is 0 Å². The summed E-state index contributed by atoms with van der Waals surface area (Å²) in [5.74, 6) is -0.287. The molecule has 0 saturated heterocycles. The summed E-state index contributed by atoms with van der Waals surface area (Å²) in [6.45, 7) is 10.4. The lowest BCUT2D eigenvalue weighted by atomic mass is 10.2. The van der Waals surface area contributed by atoms with Gasteiger partial charge in [-0.15, -0.1) is 0 Å². The number of nitrogens with one attached hydrogen (secondary N) is 3. The van der Waals surface area contributed by atoms with E-state index < -0.39 is 35.4 Å². The van der Waals surface area contributed by atoms with Gasteiger partial charge in [0.2, 0.25) is 5.88 Å². The number of amides is 3. The minimum Gasteiger partial charge on any atom is -0.461 e. The third-order valence-corrected chi connectivity index (χ3v) is 3.13. The van der Waals surface area contributed by atoms with Crippen LogP contribution in [0, 0.1) is 0 Å². The minimum atomic E-state index is -0.961. The molecule has 3 N–H and O–H groups in total. The summed E-state index contributed by atoms with van der Waals surface area (Å²) in [4.78, 5) is 39.8. The molecular formula is C18H26N4O6. The smallest absolute Gasteiger partial charge is 0.412 e. The number of aromatic nitrogens is 1. The molecule has 1 aliphatic heterocycles. The predicted molar refractivity (Wildman–Crippen MR) is 101 cm³/mol. The van der Waals surface area contributed by atoms with Gasteiger partial charge in [-0.2, -0.15) is 0 Å². The molecule has 154 valence electrons. The number of fused-ring (bicyclic) bond motifs is 1. The van der Waals surface area contributed by atoms with Gasteiger partial charge in [0.15, 0.2) is 6.10 Å². The lowest BCUT2D eigenvalue weighted by molar-refractivity contribution is -0.123. The van der Waals surface area contributed by atoms with Crippen LogP contribution in [-0.4, -0.2) is 46.9 Å². The number of anilines is 2. The fraction of sp³-hybridized carbons (Fsp3) is 0.556. The standard InChI is InChI=1S/C18H26N4O6/c1-17(2,3)27-15(24)20-9-12-13(23)22-11-7-10(8-19-14(11)26-12)21-16(25)28-18(4,5)6/h7-8,12H,9H2,1-6H3,(H,20,24)(H,21,25)(H,22,23). The molecule has 28 heavy (non-hydrogen) atoms. The minimum absolute atomic E-state index is 0.0836. The monoisotopic (exact) mass is 394 g/mol. The summed E-state index contributed by atoms with van der Waals surface area (Å²) in [6, 6.07) is 1.50. The summed E-state index contributed by atoms with van der Waals surface area (Å²) in [5.41, 5.74) is -0.655. The second-order valence-electron chi connectivity index (χ2n) is 8.18. The lowest BCUT2D eigenvalue weighted by Crippen LogP contribution is -2.46. The van der Waals surface area contributed by atoms with E-state index in [1.54, 1.807) is 41.5 Å². The molecule has 2 heterocycles. The molecule has 0 saturated carbocycles. The number of hydrogen-bond acceptors (Lipinski definition) is 7. The van der Waals surface area contributed by atoms with Crippen molar-refractivity contribution in [2.45, 2.75) is 58.8 Å². The van der Waals surface area contributed by atoms with Crippen LogP contribution in [0.15, 0.2) is 12.3 Å². The topological polar surface area (TPSA) is 128 Å². The van der Waals surface area contributed by atoms with Crippen LogP contribution in [0.2, 0.25) is 0 Å². The summed E-state index contributed by atoms with van der Waals surface area (Å²) < 4.78 is 15.8. The first-order valence-electron chi connectivity index (χ1n) is 8.77. The average Bonchev–Trinajstić information content (AvgIpc) is 2.49. The van der Waals surface area contributed by atoms with Crippen molar-refractivity contribution in [2.75, 3.05) is 17.2 Å². The number of hydrogen-bond donors (Lipinski definition) is 3. The average molecular weight is 394 g/mol. The molecule has 0 fully saturated rings. The zero-order valence-electron chi connectivity index (χ0n) is 16.8. The number of carbonyl (C=O) groups excluding carboxylic acids is 3. The maximum atomic E-state index is 12.2. The van der Waals surface area contributed by atoms with Gasteiger partial charge in [0.25, 0.3) is 5.91 Å². The van der Waals surface area contributed by atoms with Crippen LogP contribution in [0.5, 0.6) is 5.88 Å². The van der Waals surface area contributed by atoms with Gasteiger partial charge in [-0.05, 0) is 47.6 Å². The van der Waals surface area contributed by atoms with E-state index in [9.17, 15) is 14.4 Å². The Balaban J connectivity index is 1.97. The van der Waals surface area contributed by atoms with Crippen molar-refractivity contribution >= 4 is 29.5 Å². The third kappa shape index (κ3) is 6.60. The summed E-state index contributed by atoms with van der Waals surface area (Å²) in [6.07, 6.45) is -0.882. The van der Waals surface area contributed by atoms with Gasteiger partial charge in [-0.3, -0.25) is 10.1 Å². The van der Waals surface area contributed by atoms with Gasteiger partial charge in [0.1, 0.15) is 16.9 Å². The van der Waals surface area contributed by atoms with Crippen LogP contribution < -0.4 is 20.7 Å². The number of rotatable bonds is 3. The number of carbonyl (C=O) groups is 3. The number of nitrogens with zero attached hydrogens (tertiary/aromatic N) is 1. The zero-order chi connectivity index (χ0) is 21.1. The van der Waals surface area contributed by atoms with Crippen LogP contribution in [-0.2, 0) is 14.3 Å². The highest BCUT2D eigenvalue weighted by molar-refractivity contribution is 5.98. The van der Waals surface area contributed by atoms with Gasteiger partial charge >= 0.3 is 12.2 Å². The fourth-order valence-electron chi connectivity index (χ4n) is 2.15. The van der Waals surface area contributed by atoms with Gasteiger partial charge in [-0.25, -0.2) is 14.6 Å². The predicted octanol–water partition coefficient (Wildman–Crippen LogP) is 2.65. The van der Waals surface area contributed by atoms with E-state index in [2.05, 4.69) is 20.9 Å². The Morgan fingerprint density at radius 1 is 1.14 bits per heavy atom. The molecule has 0 bridgehead atoms. The van der Waals surface area contributed by atoms with E-state index in [0.717, 1.165) is 0 Å². The Morgan fingerprint density at radius 3 is 2.36 bits per heavy atom. The van der Waals surface area contributed by atoms with Crippen LogP contribution in [0.1, 0.15) is 41.5 Å². The second kappa shape index (κ2) is 7.91. The number of alkyl carbamates (subject to hydrolysis) is 1. The first-order chi connectivity index (χ1) is 12.8. The molecular weight excluding hydrogens is 368 g/mol. The highest BCUT2D eigenvalue weighted by atomic mass is 16.6. The van der Waals surface area contributed by atoms with Crippen molar-refractivity contribution in [3.05, 3.63) is 12.3 Å². The van der Waals surface area contributed by atoms with Crippen LogP contribution in [0.4, 0.5) is 21.0 Å². The molecule has 0 aromatic carbocycles. The van der Waals surface area contributed by atoms with Crippen LogP contribution in [0.25, 0.3) is 0 Å². The molecule has 10 nitrogen and oxygen atoms in total. The quantitative estimate of drug-likeness (QED) is 0.719. The van der Waals surface area contributed by atoms with Gasteiger partial charge < -0.3 is 24.8 Å². The third-order valence-electron chi connectivity index (χ3n) is 3.13. The molecule has 1 unspecified atom stereocenters. The zero-order valence-corrected chi connectivity index (χ0v) is 16.8. The lowest BCUT2D eigenvalue weighted by Gasteiger charge is -2.26. The van der Waals surface area contributed by atoms with Gasteiger partial charge in [-0.1, -0.05) is 0 Å². The van der Waals surface area contributed by atoms with E-state index in [4.69, 9.17) is 14.2 Å². The van der Waals surface area contributed by atoms with Crippen LogP contribution in [0.3, 0.4) is 0 Å². The first kappa shape index (κ1) is 21.3. The van der Waals surface area contributed by atoms with E-state index in [0.29, 0.717) is 11.4 Å². The van der Waals surface area contributed by atoms with E-state index in [-0.39, 0.29) is 12.4 Å². The molecule has 1 aliphatic rings. The summed E-state index contributed by atoms with van der Waals surface area (Å²) >= 11 is 0. The number of ether oxygens (including phenoxy) is 3. The largest absolute Gasteiger partial charge is 0.461 e. The van der Waals surface area contributed by atoms with E-state index in [1.165, 1.54) is 12.3 Å². The van der Waals surface area contributed by atoms with E-state index in [1.807, 2.05) is 0 Å². The van der Waals surface area contributed by atoms with Crippen molar-refractivity contribution in [1.82, 2.24) is 10.3 Å². The molecule has 3 amide bonds. The molecule has 10 heteroatoms. The van der Waals surface area contributed by atoms with Gasteiger partial charge in [0.05, 0.1) is 18.4 Å². The van der Waals surface area contributed by atoms with Crippen molar-refractivity contribution in [1.29, 1.82) is 0 Å². The Labute approximate surface area is 163 Å². The molecule has 0 radical (unpaired) electrons. The van der Waals surface area contributed by atoms with Crippen molar-refractivity contribution < 1.29 is 28.6 Å². The first-order valence-corrected chi connectivity index (χ1v) is 8.77. The Hall–Kier alpha value is -3.04. The molecule has 1 atom stereocenters. The Morgan fingerprint density at radius 2 is 1.75 bits per heavy atom. The number of pyridine rings is 1. The highest BCUT2D eigenvalue weighted by Gasteiger charge is 2.30. The molecule has 1 aromatic rings. The Kier molecular flexibility index (Phi) is 6.01. The maximum absolute atomic E-state index is 12.2. The Bertz CT molecular complexity index is 766. The maximum Gasteiger partial charge on any atom is 0.412 e.